The molecule has 7 aromatic rings. The molecular weight excluding hydrogens is 414 g/mol. The van der Waals surface area contributed by atoms with E-state index in [9.17, 15) is 0 Å². The third-order valence-electron chi connectivity index (χ3n) is 6.58. The number of para-hydroxylation sites is 1. The van der Waals surface area contributed by atoms with Gasteiger partial charge in [0.2, 0.25) is 0 Å². The summed E-state index contributed by atoms with van der Waals surface area (Å²) in [6, 6.07) is 40.3. The molecule has 4 aromatic carbocycles. The molecule has 0 unspecified atom stereocenters. The molecule has 0 saturated heterocycles. The van der Waals surface area contributed by atoms with E-state index < -0.39 is 0 Å². The van der Waals surface area contributed by atoms with Crippen LogP contribution in [-0.2, 0) is 0 Å². The zero-order chi connectivity index (χ0) is 22.5. The number of benzene rings is 4. The number of pyridine rings is 1. The van der Waals surface area contributed by atoms with Gasteiger partial charge in [0.25, 0.3) is 0 Å². The Morgan fingerprint density at radius 2 is 1.29 bits per heavy atom. The lowest BCUT2D eigenvalue weighted by atomic mass is 10.0. The molecule has 0 aliphatic heterocycles. The maximum atomic E-state index is 5.10. The largest absolute Gasteiger partial charge is 0.354 e. The minimum Gasteiger partial charge on any atom is -0.354 e. The van der Waals surface area contributed by atoms with Crippen LogP contribution in [0.4, 0.5) is 0 Å². The zero-order valence-corrected chi connectivity index (χ0v) is 18.4. The average molecular weight is 436 g/mol. The van der Waals surface area contributed by atoms with Crippen molar-refractivity contribution in [2.45, 2.75) is 0 Å². The summed E-state index contributed by atoms with van der Waals surface area (Å²) in [4.78, 5) is 8.72. The van der Waals surface area contributed by atoms with Crippen LogP contribution in [0.1, 0.15) is 0 Å². The van der Waals surface area contributed by atoms with Gasteiger partial charge in [0.05, 0.1) is 16.7 Å². The summed E-state index contributed by atoms with van der Waals surface area (Å²) < 4.78 is 2.19. The number of hydrogen-bond acceptors (Lipinski definition) is 1. The molecule has 3 aromatic heterocycles. The van der Waals surface area contributed by atoms with Crippen LogP contribution in [0, 0.1) is 0 Å². The molecule has 7 rings (SSSR count). The normalized spacial score (nSPS) is 11.5. The summed E-state index contributed by atoms with van der Waals surface area (Å²) >= 11 is 0. The van der Waals surface area contributed by atoms with E-state index in [2.05, 4.69) is 125 Å². The van der Waals surface area contributed by atoms with Crippen molar-refractivity contribution in [2.24, 2.45) is 0 Å². The van der Waals surface area contributed by atoms with Crippen LogP contribution >= 0.6 is 0 Å². The molecule has 0 radical (unpaired) electrons. The highest BCUT2D eigenvalue weighted by atomic mass is 15.1. The molecule has 0 spiro atoms. The van der Waals surface area contributed by atoms with Crippen LogP contribution in [-0.4, -0.2) is 14.5 Å². The Hall–Kier alpha value is -4.63. The number of nitrogens with one attached hydrogen (secondary N) is 1. The van der Waals surface area contributed by atoms with Crippen LogP contribution in [0.15, 0.2) is 121 Å². The Kier molecular flexibility index (Phi) is 4.15. The Labute approximate surface area is 196 Å². The number of H-pyrrole nitrogens is 1. The summed E-state index contributed by atoms with van der Waals surface area (Å²) in [6.07, 6.45) is 2.13. The molecular formula is C31H21N3. The van der Waals surface area contributed by atoms with Crippen LogP contribution in [0.2, 0.25) is 0 Å². The van der Waals surface area contributed by atoms with Crippen molar-refractivity contribution in [3.63, 3.8) is 0 Å². The molecule has 0 bridgehead atoms. The summed E-state index contributed by atoms with van der Waals surface area (Å²) in [5, 5.41) is 3.70. The van der Waals surface area contributed by atoms with Gasteiger partial charge in [-0.15, -0.1) is 0 Å². The topological polar surface area (TPSA) is 33.6 Å². The number of nitrogens with zero attached hydrogens (tertiary/aromatic N) is 2. The number of rotatable bonds is 3. The summed E-state index contributed by atoms with van der Waals surface area (Å²) in [7, 11) is 0. The van der Waals surface area contributed by atoms with Crippen LogP contribution in [0.25, 0.3) is 60.9 Å². The molecule has 3 nitrogen and oxygen atoms in total. The Morgan fingerprint density at radius 3 is 2.12 bits per heavy atom. The highest BCUT2D eigenvalue weighted by Gasteiger charge is 2.13. The van der Waals surface area contributed by atoms with Crippen molar-refractivity contribution in [2.75, 3.05) is 0 Å². The minimum atomic E-state index is 0.908. The SMILES string of the molecule is c1ccc(-c2cc(-c3ccccc3)nc(-n3ccc4c5[nH]c6ccccc6c5ccc43)c2)cc1. The number of fused-ring (bicyclic) bond motifs is 5. The van der Waals surface area contributed by atoms with Gasteiger partial charge in [-0.1, -0.05) is 84.9 Å². The van der Waals surface area contributed by atoms with Crippen LogP contribution in [0.3, 0.4) is 0 Å². The van der Waals surface area contributed by atoms with Gasteiger partial charge in [-0.2, -0.15) is 0 Å². The molecule has 0 aliphatic rings. The van der Waals surface area contributed by atoms with E-state index in [0.29, 0.717) is 0 Å². The second kappa shape index (κ2) is 7.46. The van der Waals surface area contributed by atoms with E-state index in [1.807, 2.05) is 6.07 Å². The van der Waals surface area contributed by atoms with Gasteiger partial charge in [0, 0.05) is 33.4 Å². The first-order valence-electron chi connectivity index (χ1n) is 11.5. The molecule has 160 valence electrons. The highest BCUT2D eigenvalue weighted by Crippen LogP contribution is 2.34. The molecule has 1 N–H and O–H groups in total. The minimum absolute atomic E-state index is 0.908. The van der Waals surface area contributed by atoms with Gasteiger partial charge >= 0.3 is 0 Å². The molecule has 0 atom stereocenters. The van der Waals surface area contributed by atoms with Crippen molar-refractivity contribution in [1.82, 2.24) is 14.5 Å². The van der Waals surface area contributed by atoms with E-state index in [1.54, 1.807) is 0 Å². The lowest BCUT2D eigenvalue weighted by Crippen LogP contribution is -1.98. The third-order valence-corrected chi connectivity index (χ3v) is 6.58. The van der Waals surface area contributed by atoms with Gasteiger partial charge in [-0.3, -0.25) is 0 Å². The molecule has 34 heavy (non-hydrogen) atoms. The van der Waals surface area contributed by atoms with E-state index in [-0.39, 0.29) is 0 Å². The quantitative estimate of drug-likeness (QED) is 0.300. The fourth-order valence-corrected chi connectivity index (χ4v) is 4.93. The van der Waals surface area contributed by atoms with Crippen molar-refractivity contribution >= 4 is 32.7 Å². The van der Waals surface area contributed by atoms with Gasteiger partial charge in [-0.05, 0) is 41.5 Å². The molecule has 3 heteroatoms. The molecule has 3 heterocycles. The first kappa shape index (κ1) is 18.9. The van der Waals surface area contributed by atoms with Crippen molar-refractivity contribution in [1.29, 1.82) is 0 Å². The van der Waals surface area contributed by atoms with Crippen molar-refractivity contribution in [3.8, 4) is 28.2 Å². The molecule has 0 aliphatic carbocycles. The Balaban J connectivity index is 1.48. The smallest absolute Gasteiger partial charge is 0.138 e. The van der Waals surface area contributed by atoms with Crippen molar-refractivity contribution in [3.05, 3.63) is 121 Å². The first-order chi connectivity index (χ1) is 16.8. The Morgan fingerprint density at radius 1 is 0.559 bits per heavy atom. The number of aromatic nitrogens is 3. The molecule has 0 fully saturated rings. The molecule has 0 saturated carbocycles. The summed E-state index contributed by atoms with van der Waals surface area (Å²) in [5.41, 5.74) is 7.86. The fourth-order valence-electron chi connectivity index (χ4n) is 4.93. The van der Waals surface area contributed by atoms with E-state index in [0.717, 1.165) is 33.7 Å². The maximum absolute atomic E-state index is 5.10. The van der Waals surface area contributed by atoms with Gasteiger partial charge in [0.15, 0.2) is 0 Å². The van der Waals surface area contributed by atoms with E-state index >= 15 is 0 Å². The lowest BCUT2D eigenvalue weighted by Gasteiger charge is -2.12. The second-order valence-corrected chi connectivity index (χ2v) is 8.61. The van der Waals surface area contributed by atoms with Gasteiger partial charge in [-0.25, -0.2) is 4.98 Å². The zero-order valence-electron chi connectivity index (χ0n) is 18.4. The van der Waals surface area contributed by atoms with E-state index in [1.165, 1.54) is 27.2 Å². The number of hydrogen-bond donors (Lipinski definition) is 1. The monoisotopic (exact) mass is 435 g/mol. The maximum Gasteiger partial charge on any atom is 0.138 e. The summed E-state index contributed by atoms with van der Waals surface area (Å²) in [6.45, 7) is 0. The van der Waals surface area contributed by atoms with E-state index in [4.69, 9.17) is 4.98 Å². The van der Waals surface area contributed by atoms with Crippen LogP contribution in [0.5, 0.6) is 0 Å². The Bertz CT molecular complexity index is 1730. The van der Waals surface area contributed by atoms with Gasteiger partial charge < -0.3 is 9.55 Å². The third kappa shape index (κ3) is 2.95. The standard InChI is InChI=1S/C31H21N3/c1-3-9-21(10-4-1)23-19-28(22-11-5-2-6-12-22)32-30(20-23)34-18-17-26-29(34)16-15-25-24-13-7-8-14-27(24)33-31(25)26/h1-20,33H. The lowest BCUT2D eigenvalue weighted by molar-refractivity contribution is 1.05. The predicted octanol–water partition coefficient (Wildman–Crippen LogP) is 7.99. The average Bonchev–Trinajstić information content (AvgIpc) is 3.51. The van der Waals surface area contributed by atoms with Gasteiger partial charge in [0.1, 0.15) is 5.82 Å². The second-order valence-electron chi connectivity index (χ2n) is 8.61. The van der Waals surface area contributed by atoms with Crippen LogP contribution < -0.4 is 0 Å². The fraction of sp³-hybridized carbons (Fsp3) is 0. The molecule has 0 amide bonds. The van der Waals surface area contributed by atoms with Crippen molar-refractivity contribution < 1.29 is 0 Å². The summed E-state index contributed by atoms with van der Waals surface area (Å²) in [5.74, 6) is 0.908. The highest BCUT2D eigenvalue weighted by molar-refractivity contribution is 6.16. The predicted molar refractivity (Wildman–Crippen MR) is 141 cm³/mol. The number of aromatic amines is 1. The first-order valence-corrected chi connectivity index (χ1v) is 11.5.